The van der Waals surface area contributed by atoms with E-state index >= 15 is 0 Å². The molecular weight excluding hydrogens is 276 g/mol. The van der Waals surface area contributed by atoms with Crippen molar-refractivity contribution >= 4 is 16.9 Å². The Hall–Kier alpha value is -2.53. The first-order valence-corrected chi connectivity index (χ1v) is 7.34. The molecule has 1 aliphatic rings. The summed E-state index contributed by atoms with van der Waals surface area (Å²) in [4.78, 5) is 13.1. The summed E-state index contributed by atoms with van der Waals surface area (Å²) >= 11 is 0. The molecule has 0 radical (unpaired) electrons. The summed E-state index contributed by atoms with van der Waals surface area (Å²) in [6.07, 6.45) is 1.92. The van der Waals surface area contributed by atoms with Crippen LogP contribution in [0, 0.1) is 6.92 Å². The molecule has 5 nitrogen and oxygen atoms in total. The van der Waals surface area contributed by atoms with E-state index in [-0.39, 0.29) is 6.04 Å². The third-order valence-electron chi connectivity index (χ3n) is 4.08. The van der Waals surface area contributed by atoms with Gasteiger partial charge in [0.25, 0.3) is 0 Å². The molecule has 0 fully saturated rings. The van der Waals surface area contributed by atoms with Crippen LogP contribution in [0.4, 0.5) is 5.82 Å². The number of benzene rings is 1. The summed E-state index contributed by atoms with van der Waals surface area (Å²) in [7, 11) is 0. The van der Waals surface area contributed by atoms with E-state index in [2.05, 4.69) is 32.4 Å². The summed E-state index contributed by atoms with van der Waals surface area (Å²) in [5, 5.41) is 14.6. The molecule has 0 aliphatic heterocycles. The lowest BCUT2D eigenvalue weighted by atomic mass is 10.1. The highest BCUT2D eigenvalue weighted by molar-refractivity contribution is 5.86. The van der Waals surface area contributed by atoms with Crippen molar-refractivity contribution in [3.05, 3.63) is 59.5 Å². The second kappa shape index (κ2) is 5.03. The molecule has 5 heteroatoms. The summed E-state index contributed by atoms with van der Waals surface area (Å²) in [5.74, 6) is 1.38. The molecule has 0 saturated carbocycles. The Kier molecular flexibility index (Phi) is 3.01. The number of pyridine rings is 1. The molecule has 3 aromatic rings. The van der Waals surface area contributed by atoms with E-state index in [1.807, 2.05) is 31.2 Å². The number of aryl methyl sites for hydroxylation is 1. The number of aliphatic hydroxyl groups is 1. The number of nitrogens with zero attached hydrogens (tertiary/aromatic N) is 3. The van der Waals surface area contributed by atoms with Crippen LogP contribution in [0.15, 0.2) is 42.6 Å². The van der Waals surface area contributed by atoms with Crippen molar-refractivity contribution in [3.8, 4) is 0 Å². The monoisotopic (exact) mass is 292 g/mol. The molecule has 0 spiro atoms. The maximum absolute atomic E-state index is 10.4. The van der Waals surface area contributed by atoms with Crippen molar-refractivity contribution < 1.29 is 5.11 Å². The third kappa shape index (κ3) is 2.10. The largest absolute Gasteiger partial charge is 0.390 e. The lowest BCUT2D eigenvalue weighted by molar-refractivity contribution is 0.165. The molecule has 22 heavy (non-hydrogen) atoms. The van der Waals surface area contributed by atoms with Gasteiger partial charge in [0.15, 0.2) is 5.65 Å². The summed E-state index contributed by atoms with van der Waals surface area (Å²) < 4.78 is 0. The van der Waals surface area contributed by atoms with Crippen LogP contribution in [0.5, 0.6) is 0 Å². The molecule has 2 heterocycles. The lowest BCUT2D eigenvalue weighted by Crippen LogP contribution is -2.22. The molecule has 4 rings (SSSR count). The molecule has 110 valence electrons. The summed E-state index contributed by atoms with van der Waals surface area (Å²) in [6.45, 7) is 1.85. The van der Waals surface area contributed by atoms with Gasteiger partial charge in [-0.25, -0.2) is 15.0 Å². The zero-order valence-corrected chi connectivity index (χ0v) is 12.2. The van der Waals surface area contributed by atoms with Crippen LogP contribution in [0.25, 0.3) is 11.0 Å². The van der Waals surface area contributed by atoms with E-state index in [0.29, 0.717) is 17.9 Å². The van der Waals surface area contributed by atoms with Crippen LogP contribution in [0.2, 0.25) is 0 Å². The average Bonchev–Trinajstić information content (AvgIpc) is 2.83. The van der Waals surface area contributed by atoms with Gasteiger partial charge in [-0.2, -0.15) is 0 Å². The Morgan fingerprint density at radius 2 is 2.00 bits per heavy atom. The molecule has 0 bridgehead atoms. The second-order valence-electron chi connectivity index (χ2n) is 5.59. The molecule has 1 aliphatic carbocycles. The quantitative estimate of drug-likeness (QED) is 0.759. The predicted molar refractivity (Wildman–Crippen MR) is 84.6 cm³/mol. The van der Waals surface area contributed by atoms with E-state index in [1.165, 1.54) is 5.56 Å². The van der Waals surface area contributed by atoms with Crippen LogP contribution >= 0.6 is 0 Å². The van der Waals surface area contributed by atoms with E-state index in [1.54, 1.807) is 6.20 Å². The minimum Gasteiger partial charge on any atom is -0.390 e. The predicted octanol–water partition coefficient (Wildman–Crippen LogP) is 2.40. The van der Waals surface area contributed by atoms with E-state index in [0.717, 1.165) is 16.8 Å². The first-order valence-electron chi connectivity index (χ1n) is 7.34. The Morgan fingerprint density at radius 3 is 2.91 bits per heavy atom. The van der Waals surface area contributed by atoms with Crippen LogP contribution in [0.3, 0.4) is 0 Å². The zero-order chi connectivity index (χ0) is 15.1. The van der Waals surface area contributed by atoms with E-state index in [9.17, 15) is 5.11 Å². The zero-order valence-electron chi connectivity index (χ0n) is 12.2. The van der Waals surface area contributed by atoms with Gasteiger partial charge >= 0.3 is 0 Å². The fourth-order valence-corrected chi connectivity index (χ4v) is 3.08. The highest BCUT2D eigenvalue weighted by Crippen LogP contribution is 2.34. The van der Waals surface area contributed by atoms with Crippen molar-refractivity contribution in [1.29, 1.82) is 0 Å². The third-order valence-corrected chi connectivity index (χ3v) is 4.08. The number of fused-ring (bicyclic) bond motifs is 2. The van der Waals surface area contributed by atoms with Gasteiger partial charge in [-0.15, -0.1) is 0 Å². The highest BCUT2D eigenvalue weighted by Gasteiger charge is 2.31. The Bertz CT molecular complexity index is 849. The van der Waals surface area contributed by atoms with E-state index < -0.39 is 6.10 Å². The fraction of sp³-hybridized carbons (Fsp3) is 0.235. The summed E-state index contributed by atoms with van der Waals surface area (Å²) in [5.41, 5.74) is 2.97. The van der Waals surface area contributed by atoms with Crippen LogP contribution in [-0.2, 0) is 6.42 Å². The van der Waals surface area contributed by atoms with Gasteiger partial charge in [-0.1, -0.05) is 24.3 Å². The van der Waals surface area contributed by atoms with Crippen LogP contribution < -0.4 is 5.32 Å². The van der Waals surface area contributed by atoms with Crippen molar-refractivity contribution in [3.63, 3.8) is 0 Å². The van der Waals surface area contributed by atoms with Crippen molar-refractivity contribution in [2.24, 2.45) is 0 Å². The Balaban J connectivity index is 1.78. The molecule has 0 amide bonds. The van der Waals surface area contributed by atoms with E-state index in [4.69, 9.17) is 0 Å². The Morgan fingerprint density at radius 1 is 1.14 bits per heavy atom. The first-order chi connectivity index (χ1) is 10.7. The maximum atomic E-state index is 10.4. The number of aliphatic hydroxyl groups excluding tert-OH is 1. The molecule has 1 aromatic carbocycles. The van der Waals surface area contributed by atoms with Gasteiger partial charge in [-0.3, -0.25) is 0 Å². The molecule has 0 saturated heterocycles. The molecule has 2 aromatic heterocycles. The molecule has 2 N–H and O–H groups in total. The molecule has 2 atom stereocenters. The normalized spacial score (nSPS) is 20.1. The second-order valence-corrected chi connectivity index (χ2v) is 5.59. The summed E-state index contributed by atoms with van der Waals surface area (Å²) in [6, 6.07) is 11.8. The SMILES string of the molecule is Cc1nc(N[C@@H]2c3ccccc3C[C@H]2O)c2cccnc2n1. The highest BCUT2D eigenvalue weighted by atomic mass is 16.3. The van der Waals surface area contributed by atoms with Crippen LogP contribution in [-0.4, -0.2) is 26.2 Å². The van der Waals surface area contributed by atoms with Gasteiger partial charge in [0, 0.05) is 12.6 Å². The molecule has 0 unspecified atom stereocenters. The number of nitrogens with one attached hydrogen (secondary N) is 1. The first kappa shape index (κ1) is 13.2. The smallest absolute Gasteiger partial charge is 0.164 e. The molecular formula is C17H16N4O. The lowest BCUT2D eigenvalue weighted by Gasteiger charge is -2.19. The average molecular weight is 292 g/mol. The Labute approximate surface area is 128 Å². The minimum atomic E-state index is -0.459. The van der Waals surface area contributed by atoms with Gasteiger partial charge < -0.3 is 10.4 Å². The topological polar surface area (TPSA) is 70.9 Å². The number of anilines is 1. The van der Waals surface area contributed by atoms with Crippen molar-refractivity contribution in [2.75, 3.05) is 5.32 Å². The number of hydrogen-bond acceptors (Lipinski definition) is 5. The van der Waals surface area contributed by atoms with Gasteiger partial charge in [0.05, 0.1) is 17.5 Å². The van der Waals surface area contributed by atoms with Gasteiger partial charge in [0.1, 0.15) is 11.6 Å². The maximum Gasteiger partial charge on any atom is 0.164 e. The number of aromatic nitrogens is 3. The minimum absolute atomic E-state index is 0.158. The van der Waals surface area contributed by atoms with Crippen molar-refractivity contribution in [1.82, 2.24) is 15.0 Å². The number of rotatable bonds is 2. The van der Waals surface area contributed by atoms with Crippen molar-refractivity contribution in [2.45, 2.75) is 25.5 Å². The number of hydrogen-bond donors (Lipinski definition) is 2. The van der Waals surface area contributed by atoms with Gasteiger partial charge in [0.2, 0.25) is 0 Å². The van der Waals surface area contributed by atoms with Gasteiger partial charge in [-0.05, 0) is 30.2 Å². The standard InChI is InChI=1S/C17H16N4O/c1-10-19-16-13(7-4-8-18-16)17(20-10)21-15-12-6-3-2-5-11(12)9-14(15)22/h2-8,14-15,22H,9H2,1H3,(H,18,19,20,21)/t14-,15-/m1/s1. The fourth-order valence-electron chi connectivity index (χ4n) is 3.08. The van der Waals surface area contributed by atoms with Crippen LogP contribution in [0.1, 0.15) is 23.0 Å².